The molecule has 184 valence electrons. The average Bonchev–Trinajstić information content (AvgIpc) is 3.19. The van der Waals surface area contributed by atoms with Crippen LogP contribution in [0.3, 0.4) is 0 Å². The molecule has 1 heterocycles. The van der Waals surface area contributed by atoms with Gasteiger partial charge in [0, 0.05) is 31.0 Å². The van der Waals surface area contributed by atoms with Crippen molar-refractivity contribution in [1.29, 1.82) is 0 Å². The summed E-state index contributed by atoms with van der Waals surface area (Å²) >= 11 is 3.17. The predicted octanol–water partition coefficient (Wildman–Crippen LogP) is 5.57. The summed E-state index contributed by atoms with van der Waals surface area (Å²) < 4.78 is 45.0. The maximum absolute atomic E-state index is 14.6. The van der Waals surface area contributed by atoms with Crippen LogP contribution in [-0.2, 0) is 31.2 Å². The number of hydrogen-bond acceptors (Lipinski definition) is 5. The Kier molecular flexibility index (Phi) is 8.78. The van der Waals surface area contributed by atoms with Crippen molar-refractivity contribution in [3.63, 3.8) is 0 Å². The Hall–Kier alpha value is -2.36. The highest BCUT2D eigenvalue weighted by molar-refractivity contribution is 9.10. The van der Waals surface area contributed by atoms with Crippen molar-refractivity contribution in [2.24, 2.45) is 5.92 Å². The van der Waals surface area contributed by atoms with Gasteiger partial charge in [0.25, 0.3) is 0 Å². The smallest absolute Gasteiger partial charge is 0.416 e. The molecule has 1 aliphatic heterocycles. The number of methoxy groups -OCH3 is 2. The number of hydrogen-bond donors (Lipinski definition) is 0. The maximum Gasteiger partial charge on any atom is 0.416 e. The van der Waals surface area contributed by atoms with Crippen LogP contribution < -0.4 is 0 Å². The van der Waals surface area contributed by atoms with Crippen molar-refractivity contribution >= 4 is 27.9 Å². The van der Waals surface area contributed by atoms with Crippen LogP contribution in [0.4, 0.5) is 13.6 Å². The molecule has 0 radical (unpaired) electrons. The molecule has 1 saturated heterocycles. The van der Waals surface area contributed by atoms with Gasteiger partial charge < -0.3 is 14.2 Å². The zero-order chi connectivity index (χ0) is 24.9. The molecule has 3 rings (SSSR count). The van der Waals surface area contributed by atoms with Gasteiger partial charge in [-0.05, 0) is 37.0 Å². The van der Waals surface area contributed by atoms with Crippen molar-refractivity contribution in [3.05, 3.63) is 69.7 Å². The van der Waals surface area contributed by atoms with Crippen LogP contribution >= 0.6 is 15.9 Å². The summed E-state index contributed by atoms with van der Waals surface area (Å²) in [7, 11) is 2.70. The maximum atomic E-state index is 14.6. The summed E-state index contributed by atoms with van der Waals surface area (Å²) in [6, 6.07) is 11.6. The van der Waals surface area contributed by atoms with E-state index in [9.17, 15) is 18.4 Å². The molecule has 0 bridgehead atoms. The molecule has 2 aromatic carbocycles. The summed E-state index contributed by atoms with van der Waals surface area (Å²) in [5.41, 5.74) is 0.930. The monoisotopic (exact) mass is 539 g/mol. The molecule has 34 heavy (non-hydrogen) atoms. The van der Waals surface area contributed by atoms with Crippen molar-refractivity contribution in [2.45, 2.75) is 44.4 Å². The Labute approximate surface area is 206 Å². The van der Waals surface area contributed by atoms with Crippen LogP contribution in [0.1, 0.15) is 37.3 Å². The van der Waals surface area contributed by atoms with Crippen LogP contribution in [0.15, 0.2) is 46.9 Å². The zero-order valence-corrected chi connectivity index (χ0v) is 20.9. The normalized spacial score (nSPS) is 17.1. The third-order valence-corrected chi connectivity index (χ3v) is 6.60. The van der Waals surface area contributed by atoms with E-state index in [1.54, 1.807) is 6.92 Å². The zero-order valence-electron chi connectivity index (χ0n) is 19.4. The van der Waals surface area contributed by atoms with E-state index in [4.69, 9.17) is 14.2 Å². The number of cyclic esters (lactones) is 1. The number of carbonyl (C=O) groups excluding carboxylic acids is 2. The fraction of sp³-hybridized carbons (Fsp3) is 0.440. The highest BCUT2D eigenvalue weighted by Crippen LogP contribution is 2.36. The van der Waals surface area contributed by atoms with E-state index < -0.39 is 29.4 Å². The van der Waals surface area contributed by atoms with Crippen molar-refractivity contribution in [2.75, 3.05) is 20.8 Å². The number of benzene rings is 2. The van der Waals surface area contributed by atoms with E-state index in [0.29, 0.717) is 23.7 Å². The lowest BCUT2D eigenvalue weighted by Gasteiger charge is -2.32. The first kappa shape index (κ1) is 26.2. The largest absolute Gasteiger partial charge is 0.447 e. The third kappa shape index (κ3) is 5.64. The van der Waals surface area contributed by atoms with Crippen molar-refractivity contribution in [1.82, 2.24) is 4.90 Å². The fourth-order valence-corrected chi connectivity index (χ4v) is 4.67. The van der Waals surface area contributed by atoms with Gasteiger partial charge in [-0.2, -0.15) is 0 Å². The van der Waals surface area contributed by atoms with Gasteiger partial charge in [-0.3, -0.25) is 4.79 Å². The van der Waals surface area contributed by atoms with Crippen LogP contribution in [0.25, 0.3) is 0 Å². The highest BCUT2D eigenvalue weighted by Gasteiger charge is 2.40. The minimum Gasteiger partial charge on any atom is -0.447 e. The summed E-state index contributed by atoms with van der Waals surface area (Å²) in [6.45, 7) is 1.88. The molecular weight excluding hydrogens is 512 g/mol. The lowest BCUT2D eigenvalue weighted by molar-refractivity contribution is -0.223. The van der Waals surface area contributed by atoms with Gasteiger partial charge in [0.05, 0.1) is 11.6 Å². The number of halogens is 3. The quantitative estimate of drug-likeness (QED) is 0.291. The molecular formula is C25H28BrF2NO5. The standard InChI is InChI=1S/C25H28BrF2NO5/c1-16(23(30)29-19(15-34-24(29)31)12-17-9-5-4-6-10-17)8-7-11-25(32-2,33-3)20-13-18(26)14-21(27)22(20)28/h4-6,9-10,13-14,16,19H,7-8,11-12,15H2,1-3H3/t16-,19-/m1/s1. The fourth-order valence-electron chi connectivity index (χ4n) is 4.24. The number of imide groups is 1. The molecule has 0 saturated carbocycles. The van der Waals surface area contributed by atoms with Gasteiger partial charge >= 0.3 is 6.09 Å². The number of ether oxygens (including phenoxy) is 3. The van der Waals surface area contributed by atoms with Gasteiger partial charge in [-0.1, -0.05) is 53.2 Å². The second-order valence-electron chi connectivity index (χ2n) is 8.33. The second-order valence-corrected chi connectivity index (χ2v) is 9.25. The van der Waals surface area contributed by atoms with Crippen molar-refractivity contribution in [3.8, 4) is 0 Å². The number of carbonyl (C=O) groups is 2. The first-order valence-corrected chi connectivity index (χ1v) is 11.8. The van der Waals surface area contributed by atoms with E-state index in [0.717, 1.165) is 11.6 Å². The lowest BCUT2D eigenvalue weighted by Crippen LogP contribution is -2.43. The Morgan fingerprint density at radius 2 is 1.91 bits per heavy atom. The number of rotatable bonds is 10. The second kappa shape index (κ2) is 11.4. The van der Waals surface area contributed by atoms with Crippen LogP contribution in [-0.4, -0.2) is 43.8 Å². The SMILES string of the molecule is COC(CCC[C@@H](C)C(=O)N1C(=O)OC[C@H]1Cc1ccccc1)(OC)c1cc(Br)cc(F)c1F. The van der Waals surface area contributed by atoms with Crippen LogP contribution in [0, 0.1) is 17.6 Å². The van der Waals surface area contributed by atoms with E-state index in [1.807, 2.05) is 30.3 Å². The molecule has 6 nitrogen and oxygen atoms in total. The predicted molar refractivity (Wildman–Crippen MR) is 125 cm³/mol. The van der Waals surface area contributed by atoms with E-state index in [2.05, 4.69) is 15.9 Å². The van der Waals surface area contributed by atoms with Gasteiger partial charge in [-0.25, -0.2) is 18.5 Å². The Balaban J connectivity index is 1.67. The van der Waals surface area contributed by atoms with Gasteiger partial charge in [0.1, 0.15) is 6.61 Å². The molecule has 0 N–H and O–H groups in total. The number of nitrogens with zero attached hydrogens (tertiary/aromatic N) is 1. The van der Waals surface area contributed by atoms with Gasteiger partial charge in [0.2, 0.25) is 5.91 Å². The third-order valence-electron chi connectivity index (χ3n) is 6.14. The van der Waals surface area contributed by atoms with Crippen molar-refractivity contribution < 1.29 is 32.6 Å². The topological polar surface area (TPSA) is 65.1 Å². The Bertz CT molecular complexity index is 1020. The minimum atomic E-state index is -1.53. The molecule has 0 spiro atoms. The molecule has 1 fully saturated rings. The lowest BCUT2D eigenvalue weighted by atomic mass is 9.94. The molecule has 2 atom stereocenters. The molecule has 9 heteroatoms. The van der Waals surface area contributed by atoms with Crippen LogP contribution in [0.2, 0.25) is 0 Å². The van der Waals surface area contributed by atoms with E-state index >= 15 is 0 Å². The summed E-state index contributed by atoms with van der Waals surface area (Å²) in [6.07, 6.45) is 0.812. The van der Waals surface area contributed by atoms with Crippen LogP contribution in [0.5, 0.6) is 0 Å². The molecule has 0 aromatic heterocycles. The number of amides is 2. The molecule has 1 aliphatic rings. The molecule has 0 aliphatic carbocycles. The average molecular weight is 540 g/mol. The summed E-state index contributed by atoms with van der Waals surface area (Å²) in [5.74, 6) is -4.44. The highest BCUT2D eigenvalue weighted by atomic mass is 79.9. The summed E-state index contributed by atoms with van der Waals surface area (Å²) in [5, 5.41) is 0. The summed E-state index contributed by atoms with van der Waals surface area (Å²) in [4.78, 5) is 26.6. The Morgan fingerprint density at radius 1 is 1.24 bits per heavy atom. The van der Waals surface area contributed by atoms with E-state index in [-0.39, 0.29) is 30.5 Å². The first-order chi connectivity index (χ1) is 16.2. The van der Waals surface area contributed by atoms with Gasteiger partial charge in [0.15, 0.2) is 17.4 Å². The molecule has 2 aromatic rings. The van der Waals surface area contributed by atoms with E-state index in [1.165, 1.54) is 25.2 Å². The van der Waals surface area contributed by atoms with Gasteiger partial charge in [-0.15, -0.1) is 0 Å². The molecule has 0 unspecified atom stereocenters. The Morgan fingerprint density at radius 3 is 2.56 bits per heavy atom. The first-order valence-electron chi connectivity index (χ1n) is 11.0. The minimum absolute atomic E-state index is 0.0746. The molecule has 2 amide bonds.